The van der Waals surface area contributed by atoms with E-state index in [1.807, 2.05) is 27.7 Å². The van der Waals surface area contributed by atoms with Crippen molar-refractivity contribution in [1.29, 1.82) is 0 Å². The first-order chi connectivity index (χ1) is 6.43. The quantitative estimate of drug-likeness (QED) is 0.784. The van der Waals surface area contributed by atoms with Crippen molar-refractivity contribution in [2.75, 3.05) is 5.73 Å². The molecule has 0 bridgehead atoms. The number of hydrogen-bond donors (Lipinski definition) is 1. The van der Waals surface area contributed by atoms with Crippen molar-refractivity contribution in [3.05, 3.63) is 10.6 Å². The van der Waals surface area contributed by atoms with Crippen LogP contribution in [0.3, 0.4) is 0 Å². The van der Waals surface area contributed by atoms with Crippen LogP contribution in [0.5, 0.6) is 0 Å². The third kappa shape index (κ3) is 2.12. The zero-order valence-corrected chi connectivity index (χ0v) is 9.81. The number of hydrogen-bond acceptors (Lipinski definition) is 4. The van der Waals surface area contributed by atoms with Crippen molar-refractivity contribution in [2.45, 2.75) is 33.6 Å². The molecule has 0 saturated heterocycles. The summed E-state index contributed by atoms with van der Waals surface area (Å²) in [7, 11) is 0. The van der Waals surface area contributed by atoms with Crippen LogP contribution in [0.15, 0.2) is 0 Å². The molecule has 0 fully saturated rings. The van der Waals surface area contributed by atoms with E-state index in [9.17, 15) is 4.79 Å². The van der Waals surface area contributed by atoms with Gasteiger partial charge in [0.15, 0.2) is 10.9 Å². The smallest absolute Gasteiger partial charge is 0.180 e. The van der Waals surface area contributed by atoms with Crippen LogP contribution in [-0.4, -0.2) is 10.8 Å². The van der Waals surface area contributed by atoms with Gasteiger partial charge in [-0.1, -0.05) is 39.0 Å². The Morgan fingerprint density at radius 2 is 1.93 bits per heavy atom. The van der Waals surface area contributed by atoms with Gasteiger partial charge < -0.3 is 5.73 Å². The molecule has 0 radical (unpaired) electrons. The molecule has 1 aromatic rings. The van der Waals surface area contributed by atoms with Crippen LogP contribution >= 0.6 is 11.3 Å². The molecule has 0 atom stereocenters. The molecular formula is C10H16N2OS. The van der Waals surface area contributed by atoms with Gasteiger partial charge >= 0.3 is 0 Å². The van der Waals surface area contributed by atoms with E-state index in [-0.39, 0.29) is 17.6 Å². The Morgan fingerprint density at radius 3 is 2.36 bits per heavy atom. The highest BCUT2D eigenvalue weighted by Crippen LogP contribution is 2.28. The van der Waals surface area contributed by atoms with Crippen LogP contribution in [0, 0.1) is 5.92 Å². The number of Topliss-reactive ketones (excluding diaryl/α,β-unsaturated/α-hetero) is 1. The minimum atomic E-state index is 0.00681. The maximum Gasteiger partial charge on any atom is 0.180 e. The lowest BCUT2D eigenvalue weighted by atomic mass is 10.0. The first kappa shape index (κ1) is 11.2. The van der Waals surface area contributed by atoms with Crippen LogP contribution in [-0.2, 0) is 0 Å². The molecule has 0 unspecified atom stereocenters. The van der Waals surface area contributed by atoms with E-state index < -0.39 is 0 Å². The van der Waals surface area contributed by atoms with Gasteiger partial charge in [-0.15, -0.1) is 0 Å². The summed E-state index contributed by atoms with van der Waals surface area (Å²) in [5.41, 5.74) is 6.45. The Hall–Kier alpha value is -0.900. The molecule has 0 aromatic carbocycles. The van der Waals surface area contributed by atoms with E-state index in [0.717, 1.165) is 10.6 Å². The van der Waals surface area contributed by atoms with E-state index >= 15 is 0 Å². The zero-order chi connectivity index (χ0) is 10.9. The summed E-state index contributed by atoms with van der Waals surface area (Å²) in [6.07, 6.45) is 0. The fourth-order valence-corrected chi connectivity index (χ4v) is 2.25. The third-order valence-electron chi connectivity index (χ3n) is 1.96. The number of aromatic nitrogens is 1. The van der Waals surface area contributed by atoms with Crippen LogP contribution in [0.4, 0.5) is 5.13 Å². The van der Waals surface area contributed by atoms with Gasteiger partial charge in [0.2, 0.25) is 0 Å². The highest BCUT2D eigenvalue weighted by atomic mass is 32.1. The maximum atomic E-state index is 11.8. The number of nitrogen functional groups attached to an aromatic ring is 1. The molecule has 0 aliphatic rings. The summed E-state index contributed by atoms with van der Waals surface area (Å²) in [6.45, 7) is 7.82. The average molecular weight is 212 g/mol. The number of rotatable bonds is 3. The summed E-state index contributed by atoms with van der Waals surface area (Å²) < 4.78 is 0. The molecule has 1 heterocycles. The summed E-state index contributed by atoms with van der Waals surface area (Å²) in [4.78, 5) is 16.7. The topological polar surface area (TPSA) is 56.0 Å². The lowest BCUT2D eigenvalue weighted by Gasteiger charge is -2.05. The molecule has 0 aliphatic carbocycles. The van der Waals surface area contributed by atoms with E-state index in [1.54, 1.807) is 0 Å². The highest BCUT2D eigenvalue weighted by molar-refractivity contribution is 7.17. The lowest BCUT2D eigenvalue weighted by Crippen LogP contribution is -2.08. The first-order valence-electron chi connectivity index (χ1n) is 4.74. The van der Waals surface area contributed by atoms with Crippen molar-refractivity contribution in [1.82, 2.24) is 4.98 Å². The van der Waals surface area contributed by atoms with E-state index in [1.165, 1.54) is 11.3 Å². The predicted octanol–water partition coefficient (Wildman–Crippen LogP) is 2.69. The SMILES string of the molecule is CC(C)C(=O)c1sc(N)nc1C(C)C. The molecule has 78 valence electrons. The van der Waals surface area contributed by atoms with Crippen molar-refractivity contribution in [2.24, 2.45) is 5.92 Å². The van der Waals surface area contributed by atoms with Gasteiger partial charge in [-0.05, 0) is 5.92 Å². The van der Waals surface area contributed by atoms with Crippen molar-refractivity contribution >= 4 is 22.3 Å². The maximum absolute atomic E-state index is 11.8. The first-order valence-corrected chi connectivity index (χ1v) is 5.55. The van der Waals surface area contributed by atoms with Crippen LogP contribution in [0.1, 0.15) is 49.0 Å². The van der Waals surface area contributed by atoms with Gasteiger partial charge in [0.1, 0.15) is 0 Å². The Kier molecular flexibility index (Phi) is 3.26. The summed E-state index contributed by atoms with van der Waals surface area (Å²) >= 11 is 1.30. The van der Waals surface area contributed by atoms with Crippen molar-refractivity contribution < 1.29 is 4.79 Å². The molecule has 1 aromatic heterocycles. The molecule has 3 nitrogen and oxygen atoms in total. The van der Waals surface area contributed by atoms with Gasteiger partial charge in [0, 0.05) is 5.92 Å². The second kappa shape index (κ2) is 4.09. The normalized spacial score (nSPS) is 11.3. The zero-order valence-electron chi connectivity index (χ0n) is 9.00. The number of carbonyl (C=O) groups excluding carboxylic acids is 1. The molecule has 2 N–H and O–H groups in total. The number of nitrogens with two attached hydrogens (primary N) is 1. The molecule has 0 amide bonds. The number of anilines is 1. The van der Waals surface area contributed by atoms with Crippen LogP contribution in [0.25, 0.3) is 0 Å². The summed E-state index contributed by atoms with van der Waals surface area (Å²) in [6, 6.07) is 0. The fourth-order valence-electron chi connectivity index (χ4n) is 1.18. The average Bonchev–Trinajstić information content (AvgIpc) is 2.45. The van der Waals surface area contributed by atoms with Crippen LogP contribution in [0.2, 0.25) is 0 Å². The second-order valence-electron chi connectivity index (χ2n) is 3.94. The number of thiazole rings is 1. The molecule has 0 spiro atoms. The van der Waals surface area contributed by atoms with Gasteiger partial charge in [0.25, 0.3) is 0 Å². The van der Waals surface area contributed by atoms with E-state index in [2.05, 4.69) is 4.98 Å². The van der Waals surface area contributed by atoms with Gasteiger partial charge in [-0.2, -0.15) is 0 Å². The summed E-state index contributed by atoms with van der Waals surface area (Å²) in [5.74, 6) is 0.400. The molecule has 14 heavy (non-hydrogen) atoms. The number of nitrogens with zero attached hydrogens (tertiary/aromatic N) is 1. The van der Waals surface area contributed by atoms with Gasteiger partial charge in [-0.3, -0.25) is 4.79 Å². The molecular weight excluding hydrogens is 196 g/mol. The van der Waals surface area contributed by atoms with Gasteiger partial charge in [-0.25, -0.2) is 4.98 Å². The third-order valence-corrected chi connectivity index (χ3v) is 2.88. The standard InChI is InChI=1S/C10H16N2OS/c1-5(2)7-9(8(13)6(3)4)14-10(11)12-7/h5-6H,1-4H3,(H2,11,12). The molecule has 0 saturated carbocycles. The number of carbonyl (C=O) groups is 1. The minimum absolute atomic E-state index is 0.00681. The molecule has 1 rings (SSSR count). The van der Waals surface area contributed by atoms with E-state index in [4.69, 9.17) is 5.73 Å². The predicted molar refractivity (Wildman–Crippen MR) is 59.8 cm³/mol. The summed E-state index contributed by atoms with van der Waals surface area (Å²) in [5, 5.41) is 0.484. The van der Waals surface area contributed by atoms with Crippen molar-refractivity contribution in [3.8, 4) is 0 Å². The van der Waals surface area contributed by atoms with Crippen LogP contribution < -0.4 is 5.73 Å². The Balaban J connectivity index is 3.13. The Labute approximate surface area is 88.3 Å². The largest absolute Gasteiger partial charge is 0.375 e. The molecule has 0 aliphatic heterocycles. The fraction of sp³-hybridized carbons (Fsp3) is 0.600. The highest BCUT2D eigenvalue weighted by Gasteiger charge is 2.21. The minimum Gasteiger partial charge on any atom is -0.375 e. The second-order valence-corrected chi connectivity index (χ2v) is 4.97. The van der Waals surface area contributed by atoms with Crippen molar-refractivity contribution in [3.63, 3.8) is 0 Å². The molecule has 4 heteroatoms. The number of ketones is 1. The van der Waals surface area contributed by atoms with Gasteiger partial charge in [0.05, 0.1) is 10.6 Å². The lowest BCUT2D eigenvalue weighted by molar-refractivity contribution is 0.0942. The Bertz CT molecular complexity index is 342. The Morgan fingerprint density at radius 1 is 1.36 bits per heavy atom. The van der Waals surface area contributed by atoms with E-state index in [0.29, 0.717) is 5.13 Å². The monoisotopic (exact) mass is 212 g/mol.